The summed E-state index contributed by atoms with van der Waals surface area (Å²) in [5, 5.41) is 7.25. The molecule has 3 N–H and O–H groups in total. The first-order valence-corrected chi connectivity index (χ1v) is 4.04. The summed E-state index contributed by atoms with van der Waals surface area (Å²) in [5.41, 5.74) is 4.67. The van der Waals surface area contributed by atoms with Gasteiger partial charge in [0.1, 0.15) is 0 Å². The number of amides is 1. The highest BCUT2D eigenvalue weighted by Crippen LogP contribution is 2.04. The maximum atomic E-state index is 10.9. The Balaban J connectivity index is 4.42. The number of ketones is 1. The Bertz CT molecular complexity index is 215. The van der Waals surface area contributed by atoms with Gasteiger partial charge in [-0.2, -0.15) is 0 Å². The van der Waals surface area contributed by atoms with Crippen molar-refractivity contribution in [1.29, 1.82) is 5.41 Å². The lowest BCUT2D eigenvalue weighted by molar-refractivity contribution is -0.121. The normalized spacial score (nSPS) is 12.2. The van der Waals surface area contributed by atoms with Crippen molar-refractivity contribution in [3.05, 3.63) is 0 Å². The van der Waals surface area contributed by atoms with Gasteiger partial charge in [0.2, 0.25) is 5.91 Å². The van der Waals surface area contributed by atoms with E-state index in [1.54, 1.807) is 6.92 Å². The van der Waals surface area contributed by atoms with Gasteiger partial charge in [-0.3, -0.25) is 9.59 Å². The van der Waals surface area contributed by atoms with Crippen LogP contribution in [0.4, 0.5) is 0 Å². The van der Waals surface area contributed by atoms with Gasteiger partial charge in [0, 0.05) is 0 Å². The van der Waals surface area contributed by atoms with Crippen LogP contribution >= 0.6 is 11.6 Å². The van der Waals surface area contributed by atoms with E-state index in [1.807, 2.05) is 0 Å². The van der Waals surface area contributed by atoms with E-state index >= 15 is 0 Å². The summed E-state index contributed by atoms with van der Waals surface area (Å²) in [6.45, 7) is 1.69. The first-order valence-electron chi connectivity index (χ1n) is 3.51. The van der Waals surface area contributed by atoms with Crippen molar-refractivity contribution >= 4 is 29.0 Å². The van der Waals surface area contributed by atoms with Crippen LogP contribution in [0.3, 0.4) is 0 Å². The maximum absolute atomic E-state index is 10.9. The van der Waals surface area contributed by atoms with Crippen molar-refractivity contribution in [3.63, 3.8) is 0 Å². The average Bonchev–Trinajstić information content (AvgIpc) is 2.03. The molecule has 0 aliphatic heterocycles. The Morgan fingerprint density at radius 3 is 2.33 bits per heavy atom. The minimum atomic E-state index is -0.795. The first-order chi connectivity index (χ1) is 5.54. The lowest BCUT2D eigenvalue weighted by Gasteiger charge is -2.09. The lowest BCUT2D eigenvalue weighted by atomic mass is 9.97. The van der Waals surface area contributed by atoms with E-state index in [0.717, 1.165) is 0 Å². The molecule has 0 heterocycles. The van der Waals surface area contributed by atoms with Gasteiger partial charge in [0.25, 0.3) is 0 Å². The van der Waals surface area contributed by atoms with Crippen LogP contribution in [-0.2, 0) is 9.59 Å². The zero-order valence-electron chi connectivity index (χ0n) is 6.76. The fourth-order valence-electron chi connectivity index (χ4n) is 0.814. The minimum Gasteiger partial charge on any atom is -0.369 e. The van der Waals surface area contributed by atoms with Crippen molar-refractivity contribution in [2.24, 2.45) is 11.7 Å². The molecule has 0 bridgehead atoms. The fourth-order valence-corrected chi connectivity index (χ4v) is 0.958. The van der Waals surface area contributed by atoms with Gasteiger partial charge in [0.15, 0.2) is 5.78 Å². The third-order valence-electron chi connectivity index (χ3n) is 1.52. The van der Waals surface area contributed by atoms with E-state index in [1.165, 1.54) is 0 Å². The zero-order chi connectivity index (χ0) is 9.72. The highest BCUT2D eigenvalue weighted by Gasteiger charge is 2.23. The minimum absolute atomic E-state index is 0.275. The van der Waals surface area contributed by atoms with Gasteiger partial charge in [-0.15, -0.1) is 11.6 Å². The maximum Gasteiger partial charge on any atom is 0.226 e. The number of rotatable bonds is 5. The molecule has 0 spiro atoms. The first kappa shape index (κ1) is 11.1. The smallest absolute Gasteiger partial charge is 0.226 e. The molecule has 1 unspecified atom stereocenters. The van der Waals surface area contributed by atoms with E-state index < -0.39 is 17.6 Å². The van der Waals surface area contributed by atoms with E-state index in [0.29, 0.717) is 6.42 Å². The van der Waals surface area contributed by atoms with E-state index in [4.69, 9.17) is 22.7 Å². The quantitative estimate of drug-likeness (QED) is 0.484. The number of carbonyl (C=O) groups is 2. The molecule has 0 aromatic carbocycles. The molecule has 0 saturated heterocycles. The van der Waals surface area contributed by atoms with Crippen molar-refractivity contribution in [3.8, 4) is 0 Å². The molecule has 0 aliphatic carbocycles. The second-order valence-corrected chi connectivity index (χ2v) is 2.60. The number of hydrogen-bond acceptors (Lipinski definition) is 3. The van der Waals surface area contributed by atoms with Crippen LogP contribution in [0.2, 0.25) is 0 Å². The molecule has 0 saturated carbocycles. The topological polar surface area (TPSA) is 84.0 Å². The Morgan fingerprint density at radius 1 is 1.58 bits per heavy atom. The molecular formula is C7H11ClN2O2. The third-order valence-corrected chi connectivity index (χ3v) is 1.76. The van der Waals surface area contributed by atoms with E-state index in [-0.39, 0.29) is 11.6 Å². The zero-order valence-corrected chi connectivity index (χ0v) is 7.52. The van der Waals surface area contributed by atoms with Crippen LogP contribution in [0.5, 0.6) is 0 Å². The number of alkyl halides is 1. The third kappa shape index (κ3) is 2.62. The van der Waals surface area contributed by atoms with E-state index in [9.17, 15) is 9.59 Å². The number of primary amides is 1. The number of hydrogen-bond donors (Lipinski definition) is 2. The number of nitrogens with one attached hydrogen (secondary N) is 1. The fraction of sp³-hybridized carbons (Fsp3) is 0.571. The summed E-state index contributed by atoms with van der Waals surface area (Å²) in [4.78, 5) is 21.5. The largest absolute Gasteiger partial charge is 0.369 e. The van der Waals surface area contributed by atoms with Gasteiger partial charge >= 0.3 is 0 Å². The molecule has 0 radical (unpaired) electrons. The summed E-state index contributed by atoms with van der Waals surface area (Å²) in [7, 11) is 0. The van der Waals surface area contributed by atoms with Crippen LogP contribution in [0.25, 0.3) is 0 Å². The monoisotopic (exact) mass is 190 g/mol. The number of carbonyl (C=O) groups excluding carboxylic acids is 2. The summed E-state index contributed by atoms with van der Waals surface area (Å²) in [5.74, 6) is -2.26. The Morgan fingerprint density at radius 2 is 2.08 bits per heavy atom. The van der Waals surface area contributed by atoms with Crippen molar-refractivity contribution in [1.82, 2.24) is 0 Å². The Kier molecular flexibility index (Phi) is 4.51. The van der Waals surface area contributed by atoms with Gasteiger partial charge in [-0.1, -0.05) is 6.92 Å². The predicted molar refractivity (Wildman–Crippen MR) is 46.4 cm³/mol. The average molecular weight is 191 g/mol. The van der Waals surface area contributed by atoms with E-state index in [2.05, 4.69) is 0 Å². The van der Waals surface area contributed by atoms with Crippen molar-refractivity contribution in [2.45, 2.75) is 13.3 Å². The molecule has 1 amide bonds. The summed E-state index contributed by atoms with van der Waals surface area (Å²) < 4.78 is 0. The SMILES string of the molecule is CCC(C(=N)C(=O)CCl)C(N)=O. The van der Waals surface area contributed by atoms with Crippen LogP contribution in [0.1, 0.15) is 13.3 Å². The Labute approximate surface area is 75.6 Å². The summed E-state index contributed by atoms with van der Waals surface area (Å²) in [6.07, 6.45) is 0.358. The number of nitrogens with two attached hydrogens (primary N) is 1. The van der Waals surface area contributed by atoms with Gasteiger partial charge < -0.3 is 11.1 Å². The van der Waals surface area contributed by atoms with Gasteiger partial charge in [-0.25, -0.2) is 0 Å². The van der Waals surface area contributed by atoms with Crippen molar-refractivity contribution in [2.75, 3.05) is 5.88 Å². The Hall–Kier alpha value is -0.900. The molecule has 12 heavy (non-hydrogen) atoms. The summed E-state index contributed by atoms with van der Waals surface area (Å²) >= 11 is 5.21. The number of halogens is 1. The van der Waals surface area contributed by atoms with Crippen LogP contribution < -0.4 is 5.73 Å². The molecule has 0 fully saturated rings. The van der Waals surface area contributed by atoms with Crippen LogP contribution in [0, 0.1) is 11.3 Å². The molecule has 0 aromatic heterocycles. The highest BCUT2D eigenvalue weighted by molar-refractivity contribution is 6.50. The second kappa shape index (κ2) is 4.87. The molecule has 0 aliphatic rings. The van der Waals surface area contributed by atoms with Gasteiger partial charge in [-0.05, 0) is 6.42 Å². The molecule has 5 heteroatoms. The molecule has 4 nitrogen and oxygen atoms in total. The second-order valence-electron chi connectivity index (χ2n) is 2.33. The molecule has 68 valence electrons. The van der Waals surface area contributed by atoms with Crippen LogP contribution in [-0.4, -0.2) is 23.3 Å². The summed E-state index contributed by atoms with van der Waals surface area (Å²) in [6, 6.07) is 0. The van der Waals surface area contributed by atoms with Crippen molar-refractivity contribution < 1.29 is 9.59 Å². The molecule has 0 aromatic rings. The standard InChI is InChI=1S/C7H11ClN2O2/c1-2-4(7(10)12)6(9)5(11)3-8/h4,9H,2-3H2,1H3,(H2,10,12). The predicted octanol–water partition coefficient (Wildman–Crippen LogP) is 0.326. The molecule has 1 atom stereocenters. The lowest BCUT2D eigenvalue weighted by Crippen LogP contribution is -2.34. The highest BCUT2D eigenvalue weighted by atomic mass is 35.5. The van der Waals surface area contributed by atoms with Gasteiger partial charge in [0.05, 0.1) is 17.5 Å². The number of Topliss-reactive ketones (excluding diaryl/α,β-unsaturated/α-hetero) is 1. The molecule has 0 rings (SSSR count). The van der Waals surface area contributed by atoms with Crippen LogP contribution in [0.15, 0.2) is 0 Å². The molecular weight excluding hydrogens is 180 g/mol.